The number of ether oxygens (including phenoxy) is 3. The number of fused-ring (bicyclic) bond motifs is 1. The van der Waals surface area contributed by atoms with Crippen LogP contribution in [0.25, 0.3) is 0 Å². The van der Waals surface area contributed by atoms with Crippen LogP contribution in [0.1, 0.15) is 43.7 Å². The van der Waals surface area contributed by atoms with E-state index in [0.29, 0.717) is 43.2 Å². The number of carbonyl (C=O) groups excluding carboxylic acids is 1. The van der Waals surface area contributed by atoms with Gasteiger partial charge < -0.3 is 19.5 Å². The number of nitrogens with zero attached hydrogens (tertiary/aromatic N) is 1. The molecule has 1 amide bonds. The summed E-state index contributed by atoms with van der Waals surface area (Å²) in [7, 11) is -2.34. The third kappa shape index (κ3) is 4.94. The maximum atomic E-state index is 13.5. The zero-order valence-corrected chi connectivity index (χ0v) is 20.0. The summed E-state index contributed by atoms with van der Waals surface area (Å²) in [4.78, 5) is 13.0. The molecule has 0 radical (unpaired) electrons. The number of hydrogen-bond acceptors (Lipinski definition) is 6. The Morgan fingerprint density at radius 2 is 1.97 bits per heavy atom. The van der Waals surface area contributed by atoms with E-state index in [2.05, 4.69) is 5.32 Å². The average molecular weight is 475 g/mol. The molecule has 0 bridgehead atoms. The summed E-state index contributed by atoms with van der Waals surface area (Å²) in [6.07, 6.45) is 1.26. The van der Waals surface area contributed by atoms with Crippen LogP contribution in [0, 0.1) is 5.92 Å². The smallest absolute Gasteiger partial charge is 0.246 e. The van der Waals surface area contributed by atoms with Gasteiger partial charge in [0, 0.05) is 19.6 Å². The van der Waals surface area contributed by atoms with Crippen molar-refractivity contribution in [1.29, 1.82) is 0 Å². The van der Waals surface area contributed by atoms with Crippen molar-refractivity contribution >= 4 is 15.9 Å². The molecule has 0 saturated carbocycles. The third-order valence-electron chi connectivity index (χ3n) is 6.13. The molecule has 33 heavy (non-hydrogen) atoms. The number of piperidine rings is 1. The molecule has 4 rings (SSSR count). The second-order valence-electron chi connectivity index (χ2n) is 8.67. The highest BCUT2D eigenvalue weighted by Gasteiger charge is 2.35. The summed E-state index contributed by atoms with van der Waals surface area (Å²) in [5.41, 5.74) is 1.81. The molecular weight excluding hydrogens is 444 g/mol. The molecule has 0 unspecified atom stereocenters. The second kappa shape index (κ2) is 9.61. The summed E-state index contributed by atoms with van der Waals surface area (Å²) in [6, 6.07) is 10.8. The van der Waals surface area contributed by atoms with Gasteiger partial charge in [0.25, 0.3) is 0 Å². The van der Waals surface area contributed by atoms with Gasteiger partial charge in [-0.25, -0.2) is 8.42 Å². The van der Waals surface area contributed by atoms with Gasteiger partial charge in [-0.15, -0.1) is 0 Å². The lowest BCUT2D eigenvalue weighted by Crippen LogP contribution is -2.45. The first-order valence-electron chi connectivity index (χ1n) is 11.1. The average Bonchev–Trinajstić information content (AvgIpc) is 3.30. The summed E-state index contributed by atoms with van der Waals surface area (Å²) in [6.45, 7) is 5.08. The van der Waals surface area contributed by atoms with Gasteiger partial charge in [-0.2, -0.15) is 4.31 Å². The Morgan fingerprint density at radius 3 is 2.73 bits per heavy atom. The summed E-state index contributed by atoms with van der Waals surface area (Å²) in [5.74, 6) is 1.27. The van der Waals surface area contributed by atoms with E-state index in [1.807, 2.05) is 38.1 Å². The van der Waals surface area contributed by atoms with Crippen molar-refractivity contribution in [3.8, 4) is 17.2 Å². The van der Waals surface area contributed by atoms with E-state index in [9.17, 15) is 13.2 Å². The molecule has 2 heterocycles. The molecule has 1 N–H and O–H groups in total. The summed E-state index contributed by atoms with van der Waals surface area (Å²) >= 11 is 0. The largest absolute Gasteiger partial charge is 0.495 e. The highest BCUT2D eigenvalue weighted by molar-refractivity contribution is 7.89. The predicted molar refractivity (Wildman–Crippen MR) is 123 cm³/mol. The lowest BCUT2D eigenvalue weighted by molar-refractivity contribution is -0.126. The van der Waals surface area contributed by atoms with Crippen LogP contribution < -0.4 is 19.5 Å². The van der Waals surface area contributed by atoms with Crippen LogP contribution in [0.2, 0.25) is 0 Å². The highest BCUT2D eigenvalue weighted by Crippen LogP contribution is 2.34. The Bertz CT molecular complexity index is 1130. The Kier molecular flexibility index (Phi) is 6.81. The molecule has 0 aliphatic carbocycles. The van der Waals surface area contributed by atoms with Crippen LogP contribution in [0.3, 0.4) is 0 Å². The monoisotopic (exact) mass is 474 g/mol. The number of amides is 1. The van der Waals surface area contributed by atoms with E-state index in [0.717, 1.165) is 11.1 Å². The minimum Gasteiger partial charge on any atom is -0.495 e. The van der Waals surface area contributed by atoms with Gasteiger partial charge >= 0.3 is 0 Å². The fourth-order valence-electron chi connectivity index (χ4n) is 4.15. The predicted octanol–water partition coefficient (Wildman–Crippen LogP) is 3.26. The fraction of sp³-hybridized carbons (Fsp3) is 0.458. The highest BCUT2D eigenvalue weighted by atomic mass is 32.2. The van der Waals surface area contributed by atoms with Crippen LogP contribution in [0.15, 0.2) is 41.3 Å². The molecule has 2 aliphatic rings. The number of sulfonamides is 1. The zero-order chi connectivity index (χ0) is 23.6. The van der Waals surface area contributed by atoms with Crippen molar-refractivity contribution in [3.63, 3.8) is 0 Å². The van der Waals surface area contributed by atoms with Crippen LogP contribution >= 0.6 is 0 Å². The molecule has 8 nitrogen and oxygen atoms in total. The molecular formula is C24H30N2O6S. The topological polar surface area (TPSA) is 94.2 Å². The van der Waals surface area contributed by atoms with Gasteiger partial charge in [0.2, 0.25) is 22.7 Å². The van der Waals surface area contributed by atoms with Gasteiger partial charge in [-0.3, -0.25) is 4.79 Å². The van der Waals surface area contributed by atoms with Crippen LogP contribution in [0.4, 0.5) is 0 Å². The van der Waals surface area contributed by atoms with E-state index in [1.54, 1.807) is 12.1 Å². The number of rotatable bonds is 7. The minimum absolute atomic E-state index is 0.143. The molecule has 178 valence electrons. The SMILES string of the molecule is COc1ccc(C(C)C)cc1S(=O)(=O)N1CCC[C@@H](C(=O)NCc2ccc3c(c2)OCO3)C1. The number of nitrogens with one attached hydrogen (secondary N) is 1. The minimum atomic E-state index is -3.80. The van der Waals surface area contributed by atoms with Crippen molar-refractivity contribution in [2.45, 2.75) is 44.0 Å². The number of hydrogen-bond donors (Lipinski definition) is 1. The Balaban J connectivity index is 1.45. The van der Waals surface area contributed by atoms with E-state index in [4.69, 9.17) is 14.2 Å². The van der Waals surface area contributed by atoms with Crippen LogP contribution in [-0.4, -0.2) is 45.6 Å². The third-order valence-corrected chi connectivity index (χ3v) is 8.02. The van der Waals surface area contributed by atoms with Crippen molar-refractivity contribution in [1.82, 2.24) is 9.62 Å². The fourth-order valence-corrected chi connectivity index (χ4v) is 5.87. The molecule has 0 aromatic heterocycles. The van der Waals surface area contributed by atoms with Gasteiger partial charge in [-0.1, -0.05) is 26.0 Å². The van der Waals surface area contributed by atoms with Gasteiger partial charge in [0.05, 0.1) is 13.0 Å². The Morgan fingerprint density at radius 1 is 1.18 bits per heavy atom. The number of carbonyl (C=O) groups is 1. The second-order valence-corrected chi connectivity index (χ2v) is 10.6. The van der Waals surface area contributed by atoms with Gasteiger partial charge in [0.1, 0.15) is 10.6 Å². The van der Waals surface area contributed by atoms with Crippen molar-refractivity contribution < 1.29 is 27.4 Å². The van der Waals surface area contributed by atoms with E-state index >= 15 is 0 Å². The standard InChI is InChI=1S/C24H30N2O6S/c1-16(2)18-7-9-21(30-3)23(12-18)33(28,29)26-10-4-5-19(14-26)24(27)25-13-17-6-8-20-22(11-17)32-15-31-20/h6-9,11-12,16,19H,4-5,10,13-15H2,1-3H3,(H,25,27)/t19-/m1/s1. The molecule has 2 aromatic carbocycles. The molecule has 1 fully saturated rings. The van der Waals surface area contributed by atoms with E-state index in [1.165, 1.54) is 11.4 Å². The van der Waals surface area contributed by atoms with Crippen LogP contribution in [0.5, 0.6) is 17.2 Å². The molecule has 1 saturated heterocycles. The van der Waals surface area contributed by atoms with Crippen LogP contribution in [-0.2, 0) is 21.4 Å². The summed E-state index contributed by atoms with van der Waals surface area (Å²) < 4.78 is 44.4. The molecule has 1 atom stereocenters. The first-order valence-corrected chi connectivity index (χ1v) is 12.6. The first-order chi connectivity index (χ1) is 15.8. The van der Waals surface area contributed by atoms with Crippen molar-refractivity contribution in [3.05, 3.63) is 47.5 Å². The van der Waals surface area contributed by atoms with Crippen molar-refractivity contribution in [2.24, 2.45) is 5.92 Å². The Hall–Kier alpha value is -2.78. The Labute approximate surface area is 194 Å². The van der Waals surface area contributed by atoms with Crippen molar-refractivity contribution in [2.75, 3.05) is 27.0 Å². The quantitative estimate of drug-likeness (QED) is 0.662. The first kappa shape index (κ1) is 23.4. The molecule has 9 heteroatoms. The van der Waals surface area contributed by atoms with Gasteiger partial charge in [0.15, 0.2) is 11.5 Å². The lowest BCUT2D eigenvalue weighted by Gasteiger charge is -2.31. The lowest BCUT2D eigenvalue weighted by atomic mass is 9.98. The van der Waals surface area contributed by atoms with Gasteiger partial charge in [-0.05, 0) is 54.2 Å². The number of methoxy groups -OCH3 is 1. The molecule has 2 aliphatic heterocycles. The maximum absolute atomic E-state index is 13.5. The summed E-state index contributed by atoms with van der Waals surface area (Å²) in [5, 5.41) is 2.94. The molecule has 0 spiro atoms. The normalized spacial score (nSPS) is 18.4. The van der Waals surface area contributed by atoms with E-state index < -0.39 is 15.9 Å². The number of benzene rings is 2. The zero-order valence-electron chi connectivity index (χ0n) is 19.2. The molecule has 2 aromatic rings. The maximum Gasteiger partial charge on any atom is 0.246 e. The van der Waals surface area contributed by atoms with E-state index in [-0.39, 0.29) is 30.1 Å².